The maximum atomic E-state index is 13.6. The minimum Gasteiger partial charge on any atom is -0.496 e. The summed E-state index contributed by atoms with van der Waals surface area (Å²) >= 11 is 0. The summed E-state index contributed by atoms with van der Waals surface area (Å²) in [6.45, 7) is 1.96. The number of nitrogens with zero attached hydrogens (tertiary/aromatic N) is 2. The number of aryl methyl sites for hydroxylation is 1. The average molecular weight is 339 g/mol. The number of H-pyrrole nitrogens is 1. The van der Waals surface area contributed by atoms with Gasteiger partial charge in [-0.3, -0.25) is 4.98 Å². The van der Waals surface area contributed by atoms with E-state index in [2.05, 4.69) is 15.0 Å². The topological polar surface area (TPSA) is 50.8 Å². The first kappa shape index (κ1) is 16.1. The Bertz CT molecular complexity index is 883. The fourth-order valence-corrected chi connectivity index (χ4v) is 3.93. The highest BCUT2D eigenvalue weighted by atomic mass is 19.1. The second-order valence-electron chi connectivity index (χ2n) is 6.79. The zero-order valence-corrected chi connectivity index (χ0v) is 14.6. The number of ether oxygens (including phenoxy) is 1. The molecule has 5 heteroatoms. The normalized spacial score (nSPS) is 20.8. The number of aromatic nitrogens is 3. The predicted molar refractivity (Wildman–Crippen MR) is 96.7 cm³/mol. The van der Waals surface area contributed by atoms with Gasteiger partial charge in [-0.25, -0.2) is 9.37 Å². The zero-order chi connectivity index (χ0) is 17.4. The van der Waals surface area contributed by atoms with Crippen molar-refractivity contribution in [2.75, 3.05) is 7.11 Å². The van der Waals surface area contributed by atoms with Crippen molar-refractivity contribution >= 4 is 11.0 Å². The Labute approximate surface area is 146 Å². The van der Waals surface area contributed by atoms with Crippen molar-refractivity contribution in [3.05, 3.63) is 42.0 Å². The van der Waals surface area contributed by atoms with Gasteiger partial charge in [-0.1, -0.05) is 0 Å². The number of alkyl halides is 1. The van der Waals surface area contributed by atoms with Crippen LogP contribution >= 0.6 is 0 Å². The summed E-state index contributed by atoms with van der Waals surface area (Å²) in [5, 5.41) is 0.997. The van der Waals surface area contributed by atoms with Crippen LogP contribution in [0, 0.1) is 6.92 Å². The fraction of sp³-hybridized carbons (Fsp3) is 0.400. The molecule has 0 amide bonds. The third-order valence-electron chi connectivity index (χ3n) is 5.14. The quantitative estimate of drug-likeness (QED) is 0.735. The number of methoxy groups -OCH3 is 1. The van der Waals surface area contributed by atoms with Crippen LogP contribution in [0.25, 0.3) is 22.2 Å². The molecule has 3 aromatic heterocycles. The van der Waals surface area contributed by atoms with E-state index in [4.69, 9.17) is 4.74 Å². The standard InChI is InChI=1S/C20H22FN3O/c1-12-11-16(25-2)18-17(13-7-9-22-10-8-13)19(24-20(18)23-12)14-3-5-15(21)6-4-14/h7-11,14-15H,3-6H2,1-2H3,(H,23,24). The molecule has 0 unspecified atom stereocenters. The molecule has 0 spiro atoms. The number of halogens is 1. The summed E-state index contributed by atoms with van der Waals surface area (Å²) in [5.74, 6) is 1.13. The molecule has 0 saturated heterocycles. The highest BCUT2D eigenvalue weighted by Crippen LogP contribution is 2.44. The third-order valence-corrected chi connectivity index (χ3v) is 5.14. The number of rotatable bonds is 3. The Morgan fingerprint density at radius 3 is 2.56 bits per heavy atom. The maximum absolute atomic E-state index is 13.6. The van der Waals surface area contributed by atoms with Crippen molar-refractivity contribution < 1.29 is 9.13 Å². The second kappa shape index (κ2) is 6.47. The fourth-order valence-electron chi connectivity index (χ4n) is 3.93. The summed E-state index contributed by atoms with van der Waals surface area (Å²) in [7, 11) is 1.69. The lowest BCUT2D eigenvalue weighted by Crippen LogP contribution is -2.14. The van der Waals surface area contributed by atoms with Crippen LogP contribution in [0.4, 0.5) is 4.39 Å². The van der Waals surface area contributed by atoms with E-state index in [9.17, 15) is 4.39 Å². The van der Waals surface area contributed by atoms with Gasteiger partial charge in [0.1, 0.15) is 17.6 Å². The number of fused-ring (bicyclic) bond motifs is 1. The second-order valence-corrected chi connectivity index (χ2v) is 6.79. The lowest BCUT2D eigenvalue weighted by molar-refractivity contribution is 0.234. The molecule has 130 valence electrons. The number of aromatic amines is 1. The lowest BCUT2D eigenvalue weighted by atomic mass is 9.83. The first-order valence-corrected chi connectivity index (χ1v) is 8.79. The lowest BCUT2D eigenvalue weighted by Gasteiger charge is -2.24. The van der Waals surface area contributed by atoms with E-state index in [1.165, 1.54) is 0 Å². The van der Waals surface area contributed by atoms with E-state index in [0.29, 0.717) is 18.8 Å². The minimum atomic E-state index is -0.667. The van der Waals surface area contributed by atoms with E-state index in [1.54, 1.807) is 19.5 Å². The van der Waals surface area contributed by atoms with Gasteiger partial charge in [-0.05, 0) is 56.2 Å². The molecular weight excluding hydrogens is 317 g/mol. The van der Waals surface area contributed by atoms with Gasteiger partial charge >= 0.3 is 0 Å². The van der Waals surface area contributed by atoms with Crippen LogP contribution in [0.5, 0.6) is 5.75 Å². The molecule has 25 heavy (non-hydrogen) atoms. The zero-order valence-electron chi connectivity index (χ0n) is 14.6. The minimum absolute atomic E-state index is 0.314. The van der Waals surface area contributed by atoms with Crippen molar-refractivity contribution in [3.8, 4) is 16.9 Å². The molecular formula is C20H22FN3O. The van der Waals surface area contributed by atoms with Crippen molar-refractivity contribution in [3.63, 3.8) is 0 Å². The van der Waals surface area contributed by atoms with E-state index in [1.807, 2.05) is 25.1 Å². The van der Waals surface area contributed by atoms with E-state index < -0.39 is 6.17 Å². The average Bonchev–Trinajstić information content (AvgIpc) is 3.01. The smallest absolute Gasteiger partial charge is 0.142 e. The molecule has 1 fully saturated rings. The monoisotopic (exact) mass is 339 g/mol. The molecule has 3 aromatic rings. The molecule has 1 aliphatic rings. The van der Waals surface area contributed by atoms with Gasteiger partial charge in [0.25, 0.3) is 0 Å². The van der Waals surface area contributed by atoms with E-state index in [-0.39, 0.29) is 0 Å². The molecule has 1 aliphatic carbocycles. The van der Waals surface area contributed by atoms with Gasteiger partial charge < -0.3 is 9.72 Å². The molecule has 1 saturated carbocycles. The summed E-state index contributed by atoms with van der Waals surface area (Å²) in [6, 6.07) is 5.97. The summed E-state index contributed by atoms with van der Waals surface area (Å²) in [6.07, 6.45) is 5.88. The summed E-state index contributed by atoms with van der Waals surface area (Å²) in [4.78, 5) is 12.3. The Balaban J connectivity index is 1.95. The van der Waals surface area contributed by atoms with Crippen LogP contribution in [0.1, 0.15) is 43.0 Å². The van der Waals surface area contributed by atoms with Crippen LogP contribution < -0.4 is 4.74 Å². The first-order chi connectivity index (χ1) is 12.2. The maximum Gasteiger partial charge on any atom is 0.142 e. The van der Waals surface area contributed by atoms with Gasteiger partial charge in [0.05, 0.1) is 12.5 Å². The molecule has 4 rings (SSSR count). The Morgan fingerprint density at radius 2 is 1.88 bits per heavy atom. The number of nitrogens with one attached hydrogen (secondary N) is 1. The summed E-state index contributed by atoms with van der Waals surface area (Å²) in [5.41, 5.74) is 5.09. The number of hydrogen-bond acceptors (Lipinski definition) is 3. The highest BCUT2D eigenvalue weighted by molar-refractivity contribution is 6.00. The van der Waals surface area contributed by atoms with Crippen LogP contribution in [0.15, 0.2) is 30.6 Å². The van der Waals surface area contributed by atoms with Crippen molar-refractivity contribution in [2.24, 2.45) is 0 Å². The SMILES string of the molecule is COc1cc(C)nc2[nH]c(C3CCC(F)CC3)c(-c3ccncc3)c12. The number of pyridine rings is 2. The van der Waals surface area contributed by atoms with Crippen molar-refractivity contribution in [1.29, 1.82) is 0 Å². The summed E-state index contributed by atoms with van der Waals surface area (Å²) < 4.78 is 19.3. The predicted octanol–water partition coefficient (Wildman–Crippen LogP) is 4.94. The van der Waals surface area contributed by atoms with Crippen molar-refractivity contribution in [2.45, 2.75) is 44.7 Å². The van der Waals surface area contributed by atoms with E-state index in [0.717, 1.165) is 52.1 Å². The molecule has 0 aromatic carbocycles. The van der Waals surface area contributed by atoms with Crippen LogP contribution in [0.3, 0.4) is 0 Å². The van der Waals surface area contributed by atoms with Gasteiger partial charge in [0, 0.05) is 35.4 Å². The third kappa shape index (κ3) is 2.88. The van der Waals surface area contributed by atoms with Gasteiger partial charge in [-0.15, -0.1) is 0 Å². The molecule has 0 aliphatic heterocycles. The highest BCUT2D eigenvalue weighted by Gasteiger charge is 2.28. The Kier molecular flexibility index (Phi) is 4.15. The first-order valence-electron chi connectivity index (χ1n) is 8.79. The molecule has 4 nitrogen and oxygen atoms in total. The van der Waals surface area contributed by atoms with E-state index >= 15 is 0 Å². The Hall–Kier alpha value is -2.43. The van der Waals surface area contributed by atoms with Crippen LogP contribution in [-0.2, 0) is 0 Å². The van der Waals surface area contributed by atoms with Crippen LogP contribution in [-0.4, -0.2) is 28.2 Å². The number of hydrogen-bond donors (Lipinski definition) is 1. The Morgan fingerprint density at radius 1 is 1.16 bits per heavy atom. The van der Waals surface area contributed by atoms with Gasteiger partial charge in [-0.2, -0.15) is 0 Å². The van der Waals surface area contributed by atoms with Crippen LogP contribution in [0.2, 0.25) is 0 Å². The van der Waals surface area contributed by atoms with Crippen molar-refractivity contribution in [1.82, 2.24) is 15.0 Å². The molecule has 3 heterocycles. The molecule has 0 radical (unpaired) electrons. The molecule has 0 atom stereocenters. The molecule has 1 N–H and O–H groups in total. The molecule has 0 bridgehead atoms. The van der Waals surface area contributed by atoms with Gasteiger partial charge in [0.15, 0.2) is 0 Å². The van der Waals surface area contributed by atoms with Gasteiger partial charge in [0.2, 0.25) is 0 Å². The largest absolute Gasteiger partial charge is 0.496 e.